The molecule has 0 saturated carbocycles. The van der Waals surface area contributed by atoms with Gasteiger partial charge in [0.05, 0.1) is 0 Å². The molecule has 1 N–H and O–H groups in total. The van der Waals surface area contributed by atoms with Crippen molar-refractivity contribution in [3.63, 3.8) is 0 Å². The molecule has 0 fully saturated rings. The van der Waals surface area contributed by atoms with Gasteiger partial charge < -0.3 is 5.32 Å². The lowest BCUT2D eigenvalue weighted by Gasteiger charge is -2.21. The topological polar surface area (TPSA) is 12.0 Å². The lowest BCUT2D eigenvalue weighted by molar-refractivity contribution is 0.498. The van der Waals surface area contributed by atoms with Crippen LogP contribution >= 0.6 is 22.7 Å². The lowest BCUT2D eigenvalue weighted by atomic mass is 10.0. The van der Waals surface area contributed by atoms with Crippen LogP contribution in [0.4, 0.5) is 0 Å². The maximum absolute atomic E-state index is 3.77. The van der Waals surface area contributed by atoms with Crippen molar-refractivity contribution in [1.82, 2.24) is 5.32 Å². The van der Waals surface area contributed by atoms with E-state index >= 15 is 0 Å². The van der Waals surface area contributed by atoms with Crippen LogP contribution in [-0.4, -0.2) is 0 Å². The van der Waals surface area contributed by atoms with Gasteiger partial charge in [0.2, 0.25) is 0 Å². The molecule has 0 bridgehead atoms. The predicted octanol–water partition coefficient (Wildman–Crippen LogP) is 7.04. The second kappa shape index (κ2) is 7.12. The zero-order chi connectivity index (χ0) is 17.2. The summed E-state index contributed by atoms with van der Waals surface area (Å²) in [6.07, 6.45) is 0. The molecular formula is C22H21NS2. The van der Waals surface area contributed by atoms with Gasteiger partial charge in [-0.25, -0.2) is 0 Å². The SMILES string of the molecule is CC(NC(C)c1csc2ccccc12)c1cccc(-c2cccs2)c1. The first-order valence-corrected chi connectivity index (χ1v) is 10.3. The third-order valence-corrected chi connectivity index (χ3v) is 6.57. The van der Waals surface area contributed by atoms with Gasteiger partial charge in [0.25, 0.3) is 0 Å². The molecule has 126 valence electrons. The Kier molecular flexibility index (Phi) is 4.71. The summed E-state index contributed by atoms with van der Waals surface area (Å²) in [6.45, 7) is 4.51. The van der Waals surface area contributed by atoms with Gasteiger partial charge in [0.1, 0.15) is 0 Å². The Morgan fingerprint density at radius 1 is 0.840 bits per heavy atom. The summed E-state index contributed by atoms with van der Waals surface area (Å²) in [5.74, 6) is 0. The lowest BCUT2D eigenvalue weighted by Crippen LogP contribution is -2.22. The smallest absolute Gasteiger partial charge is 0.0346 e. The summed E-state index contributed by atoms with van der Waals surface area (Å²) in [4.78, 5) is 1.32. The van der Waals surface area contributed by atoms with Gasteiger partial charge in [-0.2, -0.15) is 0 Å². The Bertz CT molecular complexity index is 969. The first-order chi connectivity index (χ1) is 12.2. The van der Waals surface area contributed by atoms with Crippen LogP contribution in [-0.2, 0) is 0 Å². The van der Waals surface area contributed by atoms with Gasteiger partial charge in [0.15, 0.2) is 0 Å². The third kappa shape index (κ3) is 3.40. The van der Waals surface area contributed by atoms with Gasteiger partial charge >= 0.3 is 0 Å². The van der Waals surface area contributed by atoms with Crippen LogP contribution in [0.5, 0.6) is 0 Å². The highest BCUT2D eigenvalue weighted by Crippen LogP contribution is 2.32. The van der Waals surface area contributed by atoms with Crippen molar-refractivity contribution in [3.05, 3.63) is 82.6 Å². The molecule has 0 radical (unpaired) electrons. The Morgan fingerprint density at radius 2 is 1.72 bits per heavy atom. The number of thiophene rings is 2. The normalized spacial score (nSPS) is 13.8. The Morgan fingerprint density at radius 3 is 2.56 bits per heavy atom. The Labute approximate surface area is 157 Å². The average molecular weight is 364 g/mol. The molecule has 0 aliphatic rings. The van der Waals surface area contributed by atoms with E-state index in [0.717, 1.165) is 0 Å². The fraction of sp³-hybridized carbons (Fsp3) is 0.182. The van der Waals surface area contributed by atoms with Crippen LogP contribution in [0, 0.1) is 0 Å². The maximum Gasteiger partial charge on any atom is 0.0346 e. The quantitative estimate of drug-likeness (QED) is 0.401. The Balaban J connectivity index is 1.55. The summed E-state index contributed by atoms with van der Waals surface area (Å²) < 4.78 is 1.36. The van der Waals surface area contributed by atoms with E-state index in [2.05, 4.69) is 90.6 Å². The minimum absolute atomic E-state index is 0.300. The van der Waals surface area contributed by atoms with E-state index in [0.29, 0.717) is 12.1 Å². The standard InChI is InChI=1S/C22H21NS2/c1-15(17-7-5-8-18(13-17)21-11-6-12-24-21)23-16(2)20-14-25-22-10-4-3-9-19(20)22/h3-16,23H,1-2H3. The van der Waals surface area contributed by atoms with Crippen LogP contribution < -0.4 is 5.32 Å². The van der Waals surface area contributed by atoms with Crippen LogP contribution in [0.3, 0.4) is 0 Å². The largest absolute Gasteiger partial charge is 0.304 e. The zero-order valence-corrected chi connectivity index (χ0v) is 16.0. The maximum atomic E-state index is 3.77. The highest BCUT2D eigenvalue weighted by Gasteiger charge is 2.15. The van der Waals surface area contributed by atoms with Crippen molar-refractivity contribution in [2.45, 2.75) is 25.9 Å². The fourth-order valence-corrected chi connectivity index (χ4v) is 5.08. The predicted molar refractivity (Wildman–Crippen MR) is 112 cm³/mol. The number of fused-ring (bicyclic) bond motifs is 1. The number of nitrogens with one attached hydrogen (secondary N) is 1. The van der Waals surface area contributed by atoms with Crippen LogP contribution in [0.25, 0.3) is 20.5 Å². The van der Waals surface area contributed by atoms with E-state index in [9.17, 15) is 0 Å². The highest BCUT2D eigenvalue weighted by atomic mass is 32.1. The minimum Gasteiger partial charge on any atom is -0.304 e. The molecule has 2 atom stereocenters. The number of hydrogen-bond acceptors (Lipinski definition) is 3. The summed E-state index contributed by atoms with van der Waals surface area (Å²) in [5.41, 5.74) is 4.02. The molecule has 0 aliphatic heterocycles. The average Bonchev–Trinajstić information content (AvgIpc) is 3.31. The van der Waals surface area contributed by atoms with E-state index in [1.54, 1.807) is 11.3 Å². The van der Waals surface area contributed by atoms with Crippen LogP contribution in [0.2, 0.25) is 0 Å². The summed E-state index contributed by atoms with van der Waals surface area (Å²) in [6, 6.07) is 22.4. The molecule has 0 saturated heterocycles. The monoisotopic (exact) mass is 363 g/mol. The molecule has 0 aliphatic carbocycles. The number of rotatable bonds is 5. The third-order valence-electron chi connectivity index (χ3n) is 4.67. The second-order valence-electron chi connectivity index (χ2n) is 6.40. The molecule has 0 amide bonds. The van der Waals surface area contributed by atoms with Gasteiger partial charge in [0, 0.05) is 21.7 Å². The van der Waals surface area contributed by atoms with E-state index in [-0.39, 0.29) is 0 Å². The number of hydrogen-bond donors (Lipinski definition) is 1. The van der Waals surface area contributed by atoms with E-state index < -0.39 is 0 Å². The molecule has 0 spiro atoms. The van der Waals surface area contributed by atoms with E-state index in [4.69, 9.17) is 0 Å². The van der Waals surface area contributed by atoms with E-state index in [1.807, 2.05) is 11.3 Å². The van der Waals surface area contributed by atoms with Crippen molar-refractivity contribution in [2.75, 3.05) is 0 Å². The molecule has 25 heavy (non-hydrogen) atoms. The van der Waals surface area contributed by atoms with Crippen molar-refractivity contribution in [1.29, 1.82) is 0 Å². The summed E-state index contributed by atoms with van der Waals surface area (Å²) in [7, 11) is 0. The molecule has 3 heteroatoms. The molecule has 4 aromatic rings. The molecule has 4 rings (SSSR count). The van der Waals surface area contributed by atoms with Gasteiger partial charge in [-0.3, -0.25) is 0 Å². The first kappa shape index (κ1) is 16.5. The fourth-order valence-electron chi connectivity index (χ4n) is 3.30. The van der Waals surface area contributed by atoms with Crippen molar-refractivity contribution < 1.29 is 0 Å². The Hall–Kier alpha value is -1.94. The molecule has 2 unspecified atom stereocenters. The van der Waals surface area contributed by atoms with Gasteiger partial charge in [-0.15, -0.1) is 22.7 Å². The molecule has 2 aromatic carbocycles. The summed E-state index contributed by atoms with van der Waals surface area (Å²) >= 11 is 3.62. The number of benzene rings is 2. The molecular weight excluding hydrogens is 342 g/mol. The van der Waals surface area contributed by atoms with Crippen LogP contribution in [0.1, 0.15) is 37.1 Å². The summed E-state index contributed by atoms with van der Waals surface area (Å²) in [5, 5.41) is 9.56. The van der Waals surface area contributed by atoms with Crippen molar-refractivity contribution in [3.8, 4) is 10.4 Å². The minimum atomic E-state index is 0.300. The second-order valence-corrected chi connectivity index (χ2v) is 8.26. The zero-order valence-electron chi connectivity index (χ0n) is 14.4. The first-order valence-electron chi connectivity index (χ1n) is 8.58. The van der Waals surface area contributed by atoms with Gasteiger partial charge in [-0.1, -0.05) is 42.5 Å². The molecule has 1 nitrogen and oxygen atoms in total. The van der Waals surface area contributed by atoms with Gasteiger partial charge in [-0.05, 0) is 64.9 Å². The van der Waals surface area contributed by atoms with E-state index in [1.165, 1.54) is 31.7 Å². The molecule has 2 heterocycles. The molecule has 2 aromatic heterocycles. The highest BCUT2D eigenvalue weighted by molar-refractivity contribution is 7.17. The van der Waals surface area contributed by atoms with Crippen molar-refractivity contribution in [2.24, 2.45) is 0 Å². The van der Waals surface area contributed by atoms with Crippen molar-refractivity contribution >= 4 is 32.8 Å². The van der Waals surface area contributed by atoms with Crippen LogP contribution in [0.15, 0.2) is 71.4 Å².